The lowest BCUT2D eigenvalue weighted by atomic mass is 10.1. The van der Waals surface area contributed by atoms with Gasteiger partial charge in [0, 0.05) is 11.6 Å². The van der Waals surface area contributed by atoms with Crippen molar-refractivity contribution in [2.24, 2.45) is 0 Å². The van der Waals surface area contributed by atoms with Crippen LogP contribution < -0.4 is 5.32 Å². The third-order valence-electron chi connectivity index (χ3n) is 4.21. The highest BCUT2D eigenvalue weighted by atomic mass is 16.1. The van der Waals surface area contributed by atoms with Gasteiger partial charge in [-0.3, -0.25) is 4.79 Å². The molecule has 4 aliphatic carbocycles. The minimum absolute atomic E-state index is 0.122. The summed E-state index contributed by atoms with van der Waals surface area (Å²) in [6.07, 6.45) is 12.2. The maximum Gasteiger partial charge on any atom is 0.252 e. The first-order valence-corrected chi connectivity index (χ1v) is 6.50. The van der Waals surface area contributed by atoms with Crippen molar-refractivity contribution in [1.29, 1.82) is 0 Å². The SMILES string of the molecule is O=C(NC1CCCC1)C1=C2C=C3CC3=C2C=C1. The van der Waals surface area contributed by atoms with E-state index in [1.165, 1.54) is 29.6 Å². The minimum Gasteiger partial charge on any atom is -0.349 e. The Morgan fingerprint density at radius 1 is 1.18 bits per heavy atom. The van der Waals surface area contributed by atoms with Crippen molar-refractivity contribution in [2.75, 3.05) is 0 Å². The first-order chi connectivity index (χ1) is 8.33. The Morgan fingerprint density at radius 3 is 2.82 bits per heavy atom. The van der Waals surface area contributed by atoms with Gasteiger partial charge in [-0.2, -0.15) is 0 Å². The molecule has 1 N–H and O–H groups in total. The van der Waals surface area contributed by atoms with Crippen LogP contribution in [-0.2, 0) is 4.79 Å². The number of rotatable bonds is 2. The van der Waals surface area contributed by atoms with Crippen LogP contribution in [0, 0.1) is 0 Å². The average Bonchev–Trinajstić information content (AvgIpc) is 2.75. The summed E-state index contributed by atoms with van der Waals surface area (Å²) in [6, 6.07) is 0.407. The number of carbonyl (C=O) groups excluding carboxylic acids is 1. The van der Waals surface area contributed by atoms with E-state index in [1.54, 1.807) is 0 Å². The molecule has 0 atom stereocenters. The van der Waals surface area contributed by atoms with Crippen LogP contribution >= 0.6 is 0 Å². The summed E-state index contributed by atoms with van der Waals surface area (Å²) in [5.41, 5.74) is 6.23. The molecule has 86 valence electrons. The molecule has 2 heteroatoms. The summed E-state index contributed by atoms with van der Waals surface area (Å²) in [5.74, 6) is 0.122. The number of carbonyl (C=O) groups is 1. The highest BCUT2D eigenvalue weighted by Gasteiger charge is 2.35. The molecule has 0 spiro atoms. The molecule has 0 radical (unpaired) electrons. The molecule has 0 heterocycles. The van der Waals surface area contributed by atoms with Crippen LogP contribution in [-0.4, -0.2) is 11.9 Å². The second-order valence-corrected chi connectivity index (χ2v) is 5.35. The monoisotopic (exact) mass is 225 g/mol. The Labute approximate surface area is 101 Å². The van der Waals surface area contributed by atoms with Crippen LogP contribution in [0.1, 0.15) is 32.1 Å². The highest BCUT2D eigenvalue weighted by molar-refractivity contribution is 6.01. The Bertz CT molecular complexity index is 539. The van der Waals surface area contributed by atoms with Gasteiger partial charge in [0.25, 0.3) is 5.91 Å². The number of fused-ring (bicyclic) bond motifs is 2. The molecule has 0 bridgehead atoms. The van der Waals surface area contributed by atoms with Crippen LogP contribution in [0.25, 0.3) is 0 Å². The highest BCUT2D eigenvalue weighted by Crippen LogP contribution is 2.51. The molecule has 4 rings (SSSR count). The zero-order valence-corrected chi connectivity index (χ0v) is 9.75. The number of hydrogen-bond donors (Lipinski definition) is 1. The van der Waals surface area contributed by atoms with Crippen molar-refractivity contribution in [3.05, 3.63) is 46.1 Å². The fraction of sp³-hybridized carbons (Fsp3) is 0.400. The van der Waals surface area contributed by atoms with E-state index >= 15 is 0 Å². The molecule has 0 aromatic heterocycles. The second kappa shape index (κ2) is 3.22. The van der Waals surface area contributed by atoms with Gasteiger partial charge >= 0.3 is 0 Å². The lowest BCUT2D eigenvalue weighted by Crippen LogP contribution is -2.33. The Balaban J connectivity index is 1.58. The molecule has 0 unspecified atom stereocenters. The summed E-state index contributed by atoms with van der Waals surface area (Å²) in [7, 11) is 0. The standard InChI is InChI=1S/C15H15NO/c17-15(16-10-3-1-2-4-10)12-6-5-11-13-7-9(13)8-14(11)12/h5-6,8,10H,1-4,7H2,(H,16,17). The molecule has 4 aliphatic rings. The first kappa shape index (κ1) is 9.46. The topological polar surface area (TPSA) is 29.1 Å². The van der Waals surface area contributed by atoms with E-state index in [4.69, 9.17) is 0 Å². The summed E-state index contributed by atoms with van der Waals surface area (Å²) in [6.45, 7) is 0. The van der Waals surface area contributed by atoms with Crippen molar-refractivity contribution in [3.8, 4) is 0 Å². The number of allylic oxidation sites excluding steroid dienone is 6. The van der Waals surface area contributed by atoms with Crippen molar-refractivity contribution in [3.63, 3.8) is 0 Å². The predicted octanol–water partition coefficient (Wildman–Crippen LogP) is 2.55. The van der Waals surface area contributed by atoms with E-state index in [0.717, 1.165) is 30.4 Å². The second-order valence-electron chi connectivity index (χ2n) is 5.35. The quantitative estimate of drug-likeness (QED) is 0.768. The van der Waals surface area contributed by atoms with Gasteiger partial charge in [-0.05, 0) is 53.7 Å². The summed E-state index contributed by atoms with van der Waals surface area (Å²) >= 11 is 0. The van der Waals surface area contributed by atoms with Crippen LogP contribution in [0.3, 0.4) is 0 Å². The van der Waals surface area contributed by atoms with Crippen LogP contribution in [0.15, 0.2) is 46.1 Å². The van der Waals surface area contributed by atoms with Gasteiger partial charge in [-0.15, -0.1) is 0 Å². The first-order valence-electron chi connectivity index (χ1n) is 6.50. The number of nitrogens with one attached hydrogen (secondary N) is 1. The van der Waals surface area contributed by atoms with Crippen molar-refractivity contribution in [2.45, 2.75) is 38.1 Å². The molecular weight excluding hydrogens is 210 g/mol. The maximum atomic E-state index is 12.2. The molecule has 2 fully saturated rings. The molecule has 17 heavy (non-hydrogen) atoms. The van der Waals surface area contributed by atoms with Crippen molar-refractivity contribution >= 4 is 5.91 Å². The molecule has 1 amide bonds. The Kier molecular flexibility index (Phi) is 1.79. The smallest absolute Gasteiger partial charge is 0.252 e. The van der Waals surface area contributed by atoms with E-state index < -0.39 is 0 Å². The van der Waals surface area contributed by atoms with Gasteiger partial charge in [0.1, 0.15) is 0 Å². The lowest BCUT2D eigenvalue weighted by Gasteiger charge is -2.12. The molecule has 2 nitrogen and oxygen atoms in total. The molecule has 0 aromatic carbocycles. The summed E-state index contributed by atoms with van der Waals surface area (Å²) < 4.78 is 0. The van der Waals surface area contributed by atoms with Crippen LogP contribution in [0.4, 0.5) is 0 Å². The third-order valence-corrected chi connectivity index (χ3v) is 4.21. The number of amides is 1. The summed E-state index contributed by atoms with van der Waals surface area (Å²) in [4.78, 5) is 12.2. The fourth-order valence-electron chi connectivity index (χ4n) is 3.17. The molecule has 0 aliphatic heterocycles. The maximum absolute atomic E-state index is 12.2. The van der Waals surface area contributed by atoms with Gasteiger partial charge in [0.15, 0.2) is 0 Å². The van der Waals surface area contributed by atoms with Gasteiger partial charge in [0.2, 0.25) is 0 Å². The zero-order valence-electron chi connectivity index (χ0n) is 9.75. The average molecular weight is 225 g/mol. The number of hydrogen-bond acceptors (Lipinski definition) is 1. The molecule has 0 saturated heterocycles. The van der Waals surface area contributed by atoms with Crippen LogP contribution in [0.5, 0.6) is 0 Å². The normalized spacial score (nSPS) is 25.3. The largest absolute Gasteiger partial charge is 0.349 e. The van der Waals surface area contributed by atoms with Crippen molar-refractivity contribution < 1.29 is 4.79 Å². The summed E-state index contributed by atoms with van der Waals surface area (Å²) in [5, 5.41) is 3.16. The van der Waals surface area contributed by atoms with E-state index in [-0.39, 0.29) is 5.91 Å². The molecular formula is C15H15NO. The fourth-order valence-corrected chi connectivity index (χ4v) is 3.17. The van der Waals surface area contributed by atoms with Crippen LogP contribution in [0.2, 0.25) is 0 Å². The molecule has 0 aromatic rings. The predicted molar refractivity (Wildman–Crippen MR) is 66.3 cm³/mol. The minimum atomic E-state index is 0.122. The van der Waals surface area contributed by atoms with E-state index in [1.807, 2.05) is 6.08 Å². The van der Waals surface area contributed by atoms with Gasteiger partial charge in [-0.25, -0.2) is 0 Å². The van der Waals surface area contributed by atoms with Gasteiger partial charge in [0.05, 0.1) is 0 Å². The Morgan fingerprint density at radius 2 is 2.00 bits per heavy atom. The van der Waals surface area contributed by atoms with E-state index in [9.17, 15) is 4.79 Å². The van der Waals surface area contributed by atoms with Gasteiger partial charge < -0.3 is 5.32 Å². The molecule has 2 saturated carbocycles. The van der Waals surface area contributed by atoms with Crippen molar-refractivity contribution in [1.82, 2.24) is 5.32 Å². The van der Waals surface area contributed by atoms with Gasteiger partial charge in [-0.1, -0.05) is 18.9 Å². The third kappa shape index (κ3) is 1.36. The lowest BCUT2D eigenvalue weighted by molar-refractivity contribution is -0.117. The van der Waals surface area contributed by atoms with E-state index in [2.05, 4.69) is 17.5 Å². The Hall–Kier alpha value is -1.57. The zero-order chi connectivity index (χ0) is 11.4. The van der Waals surface area contributed by atoms with E-state index in [0.29, 0.717) is 6.04 Å².